The van der Waals surface area contributed by atoms with Crippen LogP contribution in [0.3, 0.4) is 0 Å². The van der Waals surface area contributed by atoms with Crippen LogP contribution in [0.2, 0.25) is 0 Å². The highest BCUT2D eigenvalue weighted by Gasteiger charge is 2.50. The minimum absolute atomic E-state index is 0.00956. The molecular weight excluding hydrogens is 344 g/mol. The van der Waals surface area contributed by atoms with Crippen LogP contribution in [0.5, 0.6) is 0 Å². The highest BCUT2D eigenvalue weighted by Crippen LogP contribution is 2.35. The van der Waals surface area contributed by atoms with Gasteiger partial charge in [0.2, 0.25) is 5.91 Å². The highest BCUT2D eigenvalue weighted by molar-refractivity contribution is 5.76. The van der Waals surface area contributed by atoms with Crippen molar-refractivity contribution in [3.8, 4) is 0 Å². The molecule has 2 saturated heterocycles. The first-order valence-corrected chi connectivity index (χ1v) is 10.2. The first-order valence-electron chi connectivity index (χ1n) is 10.2. The molecule has 0 spiro atoms. The predicted octanol–water partition coefficient (Wildman–Crippen LogP) is 0.946. The van der Waals surface area contributed by atoms with Crippen molar-refractivity contribution in [3.05, 3.63) is 35.4 Å². The predicted molar refractivity (Wildman–Crippen MR) is 102 cm³/mol. The summed E-state index contributed by atoms with van der Waals surface area (Å²) < 4.78 is 12.0. The number of carbonyl (C=O) groups excluding carboxylic acids is 1. The Morgan fingerprint density at radius 1 is 1.22 bits per heavy atom. The van der Waals surface area contributed by atoms with E-state index in [1.807, 2.05) is 6.92 Å². The molecule has 1 amide bonds. The zero-order valence-corrected chi connectivity index (χ0v) is 15.9. The summed E-state index contributed by atoms with van der Waals surface area (Å²) in [5, 5.41) is 17.0. The first kappa shape index (κ1) is 18.9. The molecule has 1 aliphatic carbocycles. The third-order valence-electron chi connectivity index (χ3n) is 5.92. The summed E-state index contributed by atoms with van der Waals surface area (Å²) in [6.45, 7) is 3.34. The van der Waals surface area contributed by atoms with Gasteiger partial charge in [-0.25, -0.2) is 0 Å². The molecular formula is C21H30N2O4. The number of nitrogens with one attached hydrogen (secondary N) is 2. The fraction of sp³-hybridized carbons (Fsp3) is 0.667. The maximum atomic E-state index is 11.9. The van der Waals surface area contributed by atoms with Crippen molar-refractivity contribution in [2.75, 3.05) is 13.1 Å². The Morgan fingerprint density at radius 3 is 2.63 bits per heavy atom. The summed E-state index contributed by atoms with van der Waals surface area (Å²) in [7, 11) is 0. The zero-order valence-electron chi connectivity index (χ0n) is 15.9. The van der Waals surface area contributed by atoms with E-state index >= 15 is 0 Å². The van der Waals surface area contributed by atoms with E-state index in [0.717, 1.165) is 19.3 Å². The number of aliphatic hydroxyl groups excluding tert-OH is 1. The molecule has 148 valence electrons. The van der Waals surface area contributed by atoms with Crippen molar-refractivity contribution in [2.24, 2.45) is 0 Å². The summed E-state index contributed by atoms with van der Waals surface area (Å²) in [4.78, 5) is 11.9. The molecule has 6 nitrogen and oxygen atoms in total. The summed E-state index contributed by atoms with van der Waals surface area (Å²) in [6, 6.07) is 8.94. The van der Waals surface area contributed by atoms with E-state index in [1.54, 1.807) is 0 Å². The van der Waals surface area contributed by atoms with Gasteiger partial charge in [0.05, 0.1) is 24.7 Å². The van der Waals surface area contributed by atoms with E-state index in [0.29, 0.717) is 32.0 Å². The largest absolute Gasteiger partial charge is 0.388 e. The molecule has 6 heteroatoms. The molecule has 27 heavy (non-hydrogen) atoms. The lowest BCUT2D eigenvalue weighted by atomic mass is 10.1. The number of fused-ring (bicyclic) bond motifs is 2. The molecule has 0 aromatic heterocycles. The second-order valence-electron chi connectivity index (χ2n) is 8.00. The van der Waals surface area contributed by atoms with E-state index in [2.05, 4.69) is 34.9 Å². The van der Waals surface area contributed by atoms with Gasteiger partial charge in [0, 0.05) is 25.6 Å². The smallest absolute Gasteiger partial charge is 0.222 e. The van der Waals surface area contributed by atoms with Gasteiger partial charge >= 0.3 is 0 Å². The Labute approximate surface area is 160 Å². The molecule has 5 atom stereocenters. The third-order valence-corrected chi connectivity index (χ3v) is 5.92. The first-order chi connectivity index (χ1) is 13.1. The van der Waals surface area contributed by atoms with E-state index in [-0.39, 0.29) is 30.3 Å². The molecule has 2 fully saturated rings. The van der Waals surface area contributed by atoms with Crippen LogP contribution < -0.4 is 10.6 Å². The van der Waals surface area contributed by atoms with E-state index in [1.165, 1.54) is 11.1 Å². The molecule has 5 unspecified atom stereocenters. The van der Waals surface area contributed by atoms with Gasteiger partial charge in [-0.3, -0.25) is 4.79 Å². The third kappa shape index (κ3) is 4.19. The molecule has 0 bridgehead atoms. The Balaban J connectivity index is 1.22. The van der Waals surface area contributed by atoms with Gasteiger partial charge in [0.15, 0.2) is 0 Å². The molecule has 0 saturated carbocycles. The maximum absolute atomic E-state index is 11.9. The van der Waals surface area contributed by atoms with Crippen LogP contribution in [0.1, 0.15) is 37.3 Å². The number of benzene rings is 1. The average molecular weight is 374 g/mol. The van der Waals surface area contributed by atoms with Crippen molar-refractivity contribution in [2.45, 2.75) is 75.6 Å². The standard InChI is InChI=1S/C21H30N2O4/c1-2-7-22-19(24)11-16-10-17-21(26-16)20(25)18(27-17)12-23-15-8-13-5-3-4-6-14(13)9-15/h3-6,15-18,20-21,23,25H,2,7-12H2,1H3,(H,22,24). The van der Waals surface area contributed by atoms with Crippen LogP contribution in [-0.2, 0) is 27.1 Å². The van der Waals surface area contributed by atoms with Gasteiger partial charge in [0.25, 0.3) is 0 Å². The average Bonchev–Trinajstić information content (AvgIpc) is 3.32. The van der Waals surface area contributed by atoms with Crippen LogP contribution in [0.4, 0.5) is 0 Å². The lowest BCUT2D eigenvalue weighted by Crippen LogP contribution is -2.42. The van der Waals surface area contributed by atoms with Crippen molar-refractivity contribution in [3.63, 3.8) is 0 Å². The van der Waals surface area contributed by atoms with Crippen LogP contribution in [-0.4, -0.2) is 60.7 Å². The number of rotatable bonds is 7. The number of amides is 1. The SMILES string of the molecule is CCCNC(=O)CC1CC2OC(CNC3Cc4ccccc4C3)C(O)C2O1. The lowest BCUT2D eigenvalue weighted by Gasteiger charge is -2.22. The molecule has 0 radical (unpaired) electrons. The molecule has 3 N–H and O–H groups in total. The number of ether oxygens (including phenoxy) is 2. The van der Waals surface area contributed by atoms with E-state index in [9.17, 15) is 9.90 Å². The zero-order chi connectivity index (χ0) is 18.8. The highest BCUT2D eigenvalue weighted by atomic mass is 16.6. The normalized spacial score (nSPS) is 32.4. The summed E-state index contributed by atoms with van der Waals surface area (Å²) in [6.07, 6.45) is 2.50. The van der Waals surface area contributed by atoms with Crippen LogP contribution >= 0.6 is 0 Å². The van der Waals surface area contributed by atoms with Crippen molar-refractivity contribution < 1.29 is 19.4 Å². The Bertz CT molecular complexity index is 642. The van der Waals surface area contributed by atoms with Crippen LogP contribution in [0.15, 0.2) is 24.3 Å². The maximum Gasteiger partial charge on any atom is 0.222 e. The van der Waals surface area contributed by atoms with E-state index < -0.39 is 6.10 Å². The van der Waals surface area contributed by atoms with Crippen molar-refractivity contribution >= 4 is 5.91 Å². The van der Waals surface area contributed by atoms with Crippen LogP contribution in [0, 0.1) is 0 Å². The summed E-state index contributed by atoms with van der Waals surface area (Å²) >= 11 is 0. The van der Waals surface area contributed by atoms with Crippen LogP contribution in [0.25, 0.3) is 0 Å². The number of aliphatic hydroxyl groups is 1. The van der Waals surface area contributed by atoms with Gasteiger partial charge in [-0.15, -0.1) is 0 Å². The monoisotopic (exact) mass is 374 g/mol. The second kappa shape index (κ2) is 8.27. The summed E-state index contributed by atoms with van der Waals surface area (Å²) in [5.74, 6) is 0.00956. The summed E-state index contributed by atoms with van der Waals surface area (Å²) in [5.41, 5.74) is 2.82. The fourth-order valence-corrected chi connectivity index (χ4v) is 4.54. The van der Waals surface area contributed by atoms with E-state index in [4.69, 9.17) is 9.47 Å². The Kier molecular flexibility index (Phi) is 5.78. The van der Waals surface area contributed by atoms with Gasteiger partial charge in [0.1, 0.15) is 12.2 Å². The van der Waals surface area contributed by atoms with Gasteiger partial charge in [-0.05, 0) is 30.4 Å². The number of hydrogen-bond donors (Lipinski definition) is 3. The molecule has 2 heterocycles. The quantitative estimate of drug-likeness (QED) is 0.662. The number of carbonyl (C=O) groups is 1. The fourth-order valence-electron chi connectivity index (χ4n) is 4.54. The van der Waals surface area contributed by atoms with Crippen molar-refractivity contribution in [1.29, 1.82) is 0 Å². The number of hydrogen-bond acceptors (Lipinski definition) is 5. The minimum Gasteiger partial charge on any atom is -0.388 e. The molecule has 4 rings (SSSR count). The molecule has 1 aromatic carbocycles. The topological polar surface area (TPSA) is 79.8 Å². The lowest BCUT2D eigenvalue weighted by molar-refractivity contribution is -0.124. The molecule has 3 aliphatic rings. The second-order valence-corrected chi connectivity index (χ2v) is 8.00. The minimum atomic E-state index is -0.644. The van der Waals surface area contributed by atoms with Crippen molar-refractivity contribution in [1.82, 2.24) is 10.6 Å². The van der Waals surface area contributed by atoms with Gasteiger partial charge in [-0.1, -0.05) is 31.2 Å². The Morgan fingerprint density at radius 2 is 1.96 bits per heavy atom. The molecule has 1 aromatic rings. The molecule has 2 aliphatic heterocycles. The Hall–Kier alpha value is -1.47. The van der Waals surface area contributed by atoms with Gasteiger partial charge < -0.3 is 25.2 Å². The van der Waals surface area contributed by atoms with Gasteiger partial charge in [-0.2, -0.15) is 0 Å².